The number of aromatic nitrogens is 2. The maximum Gasteiger partial charge on any atom is 0.238 e. The zero-order valence-corrected chi connectivity index (χ0v) is 11.9. The molecular formula is C15H13N3O2S. The Bertz CT molecular complexity index is 853. The average Bonchev–Trinajstić information content (AvgIpc) is 2.97. The molecule has 0 amide bonds. The molecule has 0 bridgehead atoms. The number of primary sulfonamides is 1. The van der Waals surface area contributed by atoms with Gasteiger partial charge in [-0.3, -0.25) is 4.98 Å². The van der Waals surface area contributed by atoms with E-state index in [2.05, 4.69) is 4.98 Å². The van der Waals surface area contributed by atoms with Gasteiger partial charge >= 0.3 is 0 Å². The Hall–Kier alpha value is -2.44. The van der Waals surface area contributed by atoms with Gasteiger partial charge < -0.3 is 4.57 Å². The Morgan fingerprint density at radius 3 is 2.38 bits per heavy atom. The fourth-order valence-corrected chi connectivity index (χ4v) is 2.67. The van der Waals surface area contributed by atoms with Gasteiger partial charge in [0.05, 0.1) is 10.6 Å². The SMILES string of the molecule is NS(=O)(=O)c1ccc(-n2cccc2-c2cccnc2)cc1. The minimum atomic E-state index is -3.67. The van der Waals surface area contributed by atoms with Gasteiger partial charge in [-0.2, -0.15) is 0 Å². The van der Waals surface area contributed by atoms with E-state index in [-0.39, 0.29) is 4.90 Å². The van der Waals surface area contributed by atoms with Gasteiger partial charge in [0.1, 0.15) is 0 Å². The fraction of sp³-hybridized carbons (Fsp3) is 0. The summed E-state index contributed by atoms with van der Waals surface area (Å²) in [6.07, 6.45) is 5.41. The molecule has 6 heteroatoms. The predicted octanol–water partition coefficient (Wildman–Crippen LogP) is 2.19. The van der Waals surface area contributed by atoms with Crippen molar-refractivity contribution in [3.05, 3.63) is 67.1 Å². The molecule has 1 aromatic carbocycles. The molecule has 0 unspecified atom stereocenters. The molecular weight excluding hydrogens is 286 g/mol. The molecule has 0 aliphatic rings. The van der Waals surface area contributed by atoms with Gasteiger partial charge in [0.25, 0.3) is 0 Å². The summed E-state index contributed by atoms with van der Waals surface area (Å²) in [5.41, 5.74) is 2.82. The minimum absolute atomic E-state index is 0.0985. The summed E-state index contributed by atoms with van der Waals surface area (Å²) in [6.45, 7) is 0. The van der Waals surface area contributed by atoms with Crippen LogP contribution in [0.1, 0.15) is 0 Å². The summed E-state index contributed by atoms with van der Waals surface area (Å²) < 4.78 is 24.5. The molecule has 0 radical (unpaired) electrons. The molecule has 0 saturated heterocycles. The lowest BCUT2D eigenvalue weighted by Crippen LogP contribution is -2.12. The Kier molecular flexibility index (Phi) is 3.32. The van der Waals surface area contributed by atoms with Crippen LogP contribution in [-0.4, -0.2) is 18.0 Å². The first-order chi connectivity index (χ1) is 10.1. The van der Waals surface area contributed by atoms with Gasteiger partial charge in [-0.1, -0.05) is 0 Å². The second-order valence-corrected chi connectivity index (χ2v) is 6.11. The van der Waals surface area contributed by atoms with Crippen molar-refractivity contribution in [2.75, 3.05) is 0 Å². The number of pyridine rings is 1. The van der Waals surface area contributed by atoms with Crippen molar-refractivity contribution in [2.45, 2.75) is 4.90 Å². The second kappa shape index (κ2) is 5.16. The molecule has 0 aliphatic heterocycles. The van der Waals surface area contributed by atoms with E-state index in [1.54, 1.807) is 24.5 Å². The largest absolute Gasteiger partial charge is 0.317 e. The molecule has 3 rings (SSSR count). The van der Waals surface area contributed by atoms with Crippen LogP contribution >= 0.6 is 0 Å². The van der Waals surface area contributed by atoms with Crippen LogP contribution in [-0.2, 0) is 10.0 Å². The molecule has 0 spiro atoms. The number of hydrogen-bond acceptors (Lipinski definition) is 3. The third kappa shape index (κ3) is 2.72. The molecule has 0 atom stereocenters. The lowest BCUT2D eigenvalue weighted by molar-refractivity contribution is 0.598. The normalized spacial score (nSPS) is 11.5. The van der Waals surface area contributed by atoms with Crippen LogP contribution < -0.4 is 5.14 Å². The van der Waals surface area contributed by atoms with E-state index in [1.165, 1.54) is 12.1 Å². The number of nitrogens with zero attached hydrogens (tertiary/aromatic N) is 2. The van der Waals surface area contributed by atoms with E-state index in [0.717, 1.165) is 16.9 Å². The third-order valence-electron chi connectivity index (χ3n) is 3.15. The lowest BCUT2D eigenvalue weighted by Gasteiger charge is -2.09. The van der Waals surface area contributed by atoms with Crippen LogP contribution in [0.15, 0.2) is 72.0 Å². The molecule has 2 heterocycles. The van der Waals surface area contributed by atoms with Crippen molar-refractivity contribution in [3.63, 3.8) is 0 Å². The van der Waals surface area contributed by atoms with Crippen molar-refractivity contribution in [1.29, 1.82) is 0 Å². The number of hydrogen-bond donors (Lipinski definition) is 1. The molecule has 21 heavy (non-hydrogen) atoms. The Morgan fingerprint density at radius 2 is 1.76 bits per heavy atom. The highest BCUT2D eigenvalue weighted by Crippen LogP contribution is 2.23. The first-order valence-electron chi connectivity index (χ1n) is 6.27. The van der Waals surface area contributed by atoms with Crippen molar-refractivity contribution < 1.29 is 8.42 Å². The van der Waals surface area contributed by atoms with Crippen molar-refractivity contribution in [3.8, 4) is 16.9 Å². The molecule has 2 N–H and O–H groups in total. The molecule has 106 valence electrons. The van der Waals surface area contributed by atoms with Gasteiger partial charge in [-0.25, -0.2) is 13.6 Å². The minimum Gasteiger partial charge on any atom is -0.317 e. The van der Waals surface area contributed by atoms with Gasteiger partial charge in [0, 0.05) is 29.8 Å². The predicted molar refractivity (Wildman–Crippen MR) is 80.4 cm³/mol. The molecule has 3 aromatic rings. The van der Waals surface area contributed by atoms with Crippen LogP contribution in [0.4, 0.5) is 0 Å². The zero-order chi connectivity index (χ0) is 14.9. The first kappa shape index (κ1) is 13.5. The summed E-state index contributed by atoms with van der Waals surface area (Å²) in [4.78, 5) is 4.21. The van der Waals surface area contributed by atoms with Crippen molar-refractivity contribution in [2.24, 2.45) is 5.14 Å². The van der Waals surface area contributed by atoms with Crippen molar-refractivity contribution >= 4 is 10.0 Å². The molecule has 0 saturated carbocycles. The topological polar surface area (TPSA) is 78.0 Å². The highest BCUT2D eigenvalue weighted by molar-refractivity contribution is 7.89. The van der Waals surface area contributed by atoms with E-state index in [1.807, 2.05) is 35.0 Å². The highest BCUT2D eigenvalue weighted by Gasteiger charge is 2.09. The Labute approximate surface area is 122 Å². The van der Waals surface area contributed by atoms with E-state index in [4.69, 9.17) is 5.14 Å². The highest BCUT2D eigenvalue weighted by atomic mass is 32.2. The smallest absolute Gasteiger partial charge is 0.238 e. The molecule has 5 nitrogen and oxygen atoms in total. The Morgan fingerprint density at radius 1 is 1.00 bits per heavy atom. The van der Waals surface area contributed by atoms with Crippen LogP contribution in [0, 0.1) is 0 Å². The summed E-state index contributed by atoms with van der Waals surface area (Å²) in [5, 5.41) is 5.10. The number of sulfonamides is 1. The first-order valence-corrected chi connectivity index (χ1v) is 7.81. The number of benzene rings is 1. The standard InChI is InChI=1S/C15H13N3O2S/c16-21(19,20)14-7-5-13(6-8-14)18-10-2-4-15(18)12-3-1-9-17-11-12/h1-11H,(H2,16,19,20). The van der Waals surface area contributed by atoms with E-state index in [9.17, 15) is 8.42 Å². The van der Waals surface area contributed by atoms with Crippen LogP contribution in [0.2, 0.25) is 0 Å². The second-order valence-electron chi connectivity index (χ2n) is 4.54. The zero-order valence-electron chi connectivity index (χ0n) is 11.0. The number of rotatable bonds is 3. The summed E-state index contributed by atoms with van der Waals surface area (Å²) in [7, 11) is -3.67. The fourth-order valence-electron chi connectivity index (χ4n) is 2.15. The number of nitrogens with two attached hydrogens (primary N) is 1. The third-order valence-corrected chi connectivity index (χ3v) is 4.08. The van der Waals surface area contributed by atoms with Crippen molar-refractivity contribution in [1.82, 2.24) is 9.55 Å². The van der Waals surface area contributed by atoms with Crippen LogP contribution in [0.25, 0.3) is 16.9 Å². The van der Waals surface area contributed by atoms with Gasteiger partial charge in [0.2, 0.25) is 10.0 Å². The van der Waals surface area contributed by atoms with Crippen LogP contribution in [0.5, 0.6) is 0 Å². The summed E-state index contributed by atoms with van der Waals surface area (Å²) >= 11 is 0. The molecule has 2 aromatic heterocycles. The lowest BCUT2D eigenvalue weighted by atomic mass is 10.2. The van der Waals surface area contributed by atoms with Gasteiger partial charge in [-0.15, -0.1) is 0 Å². The maximum absolute atomic E-state index is 11.3. The van der Waals surface area contributed by atoms with Gasteiger partial charge in [-0.05, 0) is 48.5 Å². The molecule has 0 aliphatic carbocycles. The molecule has 0 fully saturated rings. The van der Waals surface area contributed by atoms with Gasteiger partial charge in [0.15, 0.2) is 0 Å². The maximum atomic E-state index is 11.3. The van der Waals surface area contributed by atoms with E-state index < -0.39 is 10.0 Å². The van der Waals surface area contributed by atoms with Crippen LogP contribution in [0.3, 0.4) is 0 Å². The quantitative estimate of drug-likeness (QED) is 0.805. The monoisotopic (exact) mass is 299 g/mol. The summed E-state index contributed by atoms with van der Waals surface area (Å²) in [5.74, 6) is 0. The Balaban J connectivity index is 2.05. The average molecular weight is 299 g/mol. The van der Waals surface area contributed by atoms with E-state index in [0.29, 0.717) is 0 Å². The summed E-state index contributed by atoms with van der Waals surface area (Å²) in [6, 6.07) is 14.2. The van der Waals surface area contributed by atoms with E-state index >= 15 is 0 Å².